The van der Waals surface area contributed by atoms with Gasteiger partial charge in [-0.15, -0.1) is 0 Å². The summed E-state index contributed by atoms with van der Waals surface area (Å²) in [5, 5.41) is 0. The van der Waals surface area contributed by atoms with Gasteiger partial charge in [0.25, 0.3) is 0 Å². The predicted molar refractivity (Wildman–Crippen MR) is 37.3 cm³/mol. The van der Waals surface area contributed by atoms with Crippen molar-refractivity contribution in [2.24, 2.45) is 0 Å². The first-order valence-corrected chi connectivity index (χ1v) is 10.7. The summed E-state index contributed by atoms with van der Waals surface area (Å²) in [5.41, 5.74) is 0. The van der Waals surface area contributed by atoms with Gasteiger partial charge in [-0.2, -0.15) is 0 Å². The van der Waals surface area contributed by atoms with Gasteiger partial charge in [-0.05, 0) is 0 Å². The topological polar surface area (TPSA) is 9.23 Å². The maximum absolute atomic E-state index is 5.43. The normalized spacial score (nSPS) is 11.3. The van der Waals surface area contributed by atoms with Gasteiger partial charge in [-0.3, -0.25) is 0 Å². The Hall–Kier alpha value is 0.786. The van der Waals surface area contributed by atoms with Crippen LogP contribution in [0.15, 0.2) is 11.5 Å². The zero-order valence-electron chi connectivity index (χ0n) is 4.90. The van der Waals surface area contributed by atoms with Gasteiger partial charge in [-0.25, -0.2) is 0 Å². The fourth-order valence-electron chi connectivity index (χ4n) is 0.287. The summed E-state index contributed by atoms with van der Waals surface area (Å²) >= 11 is -1.55. The van der Waals surface area contributed by atoms with E-state index in [4.69, 9.17) is 2.79 Å². The van der Waals surface area contributed by atoms with Crippen LogP contribution in [0, 0.1) is 0 Å². The second-order valence-electron chi connectivity index (χ2n) is 1.25. The molecule has 0 N–H and O–H groups in total. The zero-order valence-corrected chi connectivity index (χ0v) is 9.97. The van der Waals surface area contributed by atoms with Gasteiger partial charge < -0.3 is 0 Å². The van der Waals surface area contributed by atoms with E-state index < -0.39 is 30.5 Å². The second-order valence-corrected chi connectivity index (χ2v) is 9.63. The standard InChI is InChI=1S/C4H11Ge2O/c1-4-6(3)7-5-2/h4H,1,5H2,2-3H3. The van der Waals surface area contributed by atoms with E-state index in [0.717, 1.165) is 0 Å². The third-order valence-electron chi connectivity index (χ3n) is 0.659. The van der Waals surface area contributed by atoms with Crippen molar-refractivity contribution in [1.82, 2.24) is 0 Å². The Morgan fingerprint density at radius 3 is 2.57 bits per heavy atom. The van der Waals surface area contributed by atoms with Crippen molar-refractivity contribution in [2.45, 2.75) is 11.5 Å². The van der Waals surface area contributed by atoms with Crippen molar-refractivity contribution in [2.75, 3.05) is 0 Å². The molecule has 41 valence electrons. The molecule has 1 radical (unpaired) electrons. The van der Waals surface area contributed by atoms with E-state index in [-0.39, 0.29) is 0 Å². The first-order valence-electron chi connectivity index (χ1n) is 2.40. The summed E-state index contributed by atoms with van der Waals surface area (Å²) < 4.78 is 5.43. The first-order chi connectivity index (χ1) is 3.31. The third-order valence-corrected chi connectivity index (χ3v) is 11.5. The minimum atomic E-state index is -1.06. The monoisotopic (exact) mass is 223 g/mol. The summed E-state index contributed by atoms with van der Waals surface area (Å²) in [4.78, 5) is 1.99. The molecular formula is C4H11Ge2O. The number of hydrogen-bond acceptors (Lipinski definition) is 1. The first kappa shape index (κ1) is 7.79. The molecular weight excluding hydrogens is 209 g/mol. The van der Waals surface area contributed by atoms with E-state index in [1.54, 1.807) is 0 Å². The Morgan fingerprint density at radius 2 is 2.43 bits per heavy atom. The van der Waals surface area contributed by atoms with Crippen LogP contribution in [0.2, 0.25) is 11.5 Å². The van der Waals surface area contributed by atoms with E-state index in [1.165, 1.54) is 0 Å². The van der Waals surface area contributed by atoms with Crippen molar-refractivity contribution in [3.05, 3.63) is 11.5 Å². The number of rotatable bonds is 3. The summed E-state index contributed by atoms with van der Waals surface area (Å²) in [6.07, 6.45) is 0. The summed E-state index contributed by atoms with van der Waals surface area (Å²) in [5.74, 6) is 4.38. The molecule has 3 heteroatoms. The SMILES string of the molecule is C=[CH][Ge]([CH3])[O][GeH2][CH3]. The minimum absolute atomic E-state index is 0.487. The molecule has 0 fully saturated rings. The molecule has 0 atom stereocenters. The van der Waals surface area contributed by atoms with Crippen molar-refractivity contribution < 1.29 is 2.79 Å². The molecule has 0 spiro atoms. The molecule has 0 aromatic heterocycles. The van der Waals surface area contributed by atoms with Crippen LogP contribution >= 0.6 is 0 Å². The Morgan fingerprint density at radius 1 is 1.86 bits per heavy atom. The van der Waals surface area contributed by atoms with Gasteiger partial charge >= 0.3 is 56.2 Å². The third kappa shape index (κ3) is 4.64. The average molecular weight is 220 g/mol. The molecule has 0 aromatic rings. The van der Waals surface area contributed by atoms with E-state index in [0.29, 0.717) is 0 Å². The summed E-state index contributed by atoms with van der Waals surface area (Å²) in [7, 11) is 0. The molecule has 0 aliphatic rings. The molecule has 0 saturated heterocycles. The Labute approximate surface area is 56.4 Å². The van der Waals surface area contributed by atoms with E-state index >= 15 is 0 Å². The van der Waals surface area contributed by atoms with Crippen LogP contribution in [0.5, 0.6) is 0 Å². The van der Waals surface area contributed by atoms with Crippen molar-refractivity contribution in [3.63, 3.8) is 0 Å². The van der Waals surface area contributed by atoms with Gasteiger partial charge in [0.15, 0.2) is 0 Å². The van der Waals surface area contributed by atoms with E-state index in [2.05, 4.69) is 18.1 Å². The Bertz CT molecular complexity index is 55.7. The predicted octanol–water partition coefficient (Wildman–Crippen LogP) is 0.481. The Balaban J connectivity index is 2.98. The summed E-state index contributed by atoms with van der Waals surface area (Å²) in [6.45, 7) is 3.66. The van der Waals surface area contributed by atoms with Gasteiger partial charge in [0, 0.05) is 0 Å². The molecule has 0 aliphatic carbocycles. The Kier molecular flexibility index (Phi) is 5.49. The second kappa shape index (κ2) is 4.93. The van der Waals surface area contributed by atoms with Crippen molar-refractivity contribution in [3.8, 4) is 0 Å². The van der Waals surface area contributed by atoms with Crippen LogP contribution in [0.25, 0.3) is 0 Å². The average Bonchev–Trinajstić information content (AvgIpc) is 1.68. The van der Waals surface area contributed by atoms with Gasteiger partial charge in [-0.1, -0.05) is 0 Å². The van der Waals surface area contributed by atoms with Crippen molar-refractivity contribution in [1.29, 1.82) is 0 Å². The molecule has 0 rings (SSSR count). The van der Waals surface area contributed by atoms with Crippen LogP contribution in [0.4, 0.5) is 0 Å². The molecule has 0 saturated carbocycles. The summed E-state index contributed by atoms with van der Waals surface area (Å²) in [6, 6.07) is 0. The molecule has 0 aromatic carbocycles. The molecule has 7 heavy (non-hydrogen) atoms. The zero-order chi connectivity index (χ0) is 5.70. The fourth-order valence-corrected chi connectivity index (χ4v) is 7.74. The molecule has 1 nitrogen and oxygen atoms in total. The van der Waals surface area contributed by atoms with Crippen LogP contribution in [0.1, 0.15) is 0 Å². The van der Waals surface area contributed by atoms with E-state index in [9.17, 15) is 0 Å². The van der Waals surface area contributed by atoms with E-state index in [1.807, 2.05) is 4.91 Å². The fraction of sp³-hybridized carbons (Fsp3) is 0.500. The maximum atomic E-state index is 5.43. The van der Waals surface area contributed by atoms with Gasteiger partial charge in [0.05, 0.1) is 0 Å². The van der Waals surface area contributed by atoms with Crippen molar-refractivity contribution >= 4 is 30.5 Å². The molecule has 0 amide bonds. The molecule has 0 bridgehead atoms. The number of hydrogen-bond donors (Lipinski definition) is 0. The van der Waals surface area contributed by atoms with Gasteiger partial charge in [0.2, 0.25) is 0 Å². The van der Waals surface area contributed by atoms with Crippen LogP contribution in [-0.4, -0.2) is 30.5 Å². The van der Waals surface area contributed by atoms with Crippen LogP contribution in [-0.2, 0) is 2.79 Å². The van der Waals surface area contributed by atoms with Crippen LogP contribution in [0.3, 0.4) is 0 Å². The van der Waals surface area contributed by atoms with Crippen LogP contribution < -0.4 is 0 Å². The molecule has 0 unspecified atom stereocenters. The quantitative estimate of drug-likeness (QED) is 0.629. The molecule has 0 aliphatic heterocycles. The molecule has 0 heterocycles. The van der Waals surface area contributed by atoms with Gasteiger partial charge in [0.1, 0.15) is 0 Å².